The first-order valence-corrected chi connectivity index (χ1v) is 11.3. The number of carbonyl (C=O) groups is 1. The molecule has 0 bridgehead atoms. The fraction of sp³-hybridized carbons (Fsp3) is 0.364. The lowest BCUT2D eigenvalue weighted by atomic mass is 10.1. The number of hydrogen-bond acceptors (Lipinski definition) is 5. The molecule has 154 valence electrons. The van der Waals surface area contributed by atoms with Gasteiger partial charge in [-0.3, -0.25) is 9.69 Å². The van der Waals surface area contributed by atoms with E-state index in [2.05, 4.69) is 30.9 Å². The number of hydrogen-bond donors (Lipinski definition) is 0. The van der Waals surface area contributed by atoms with E-state index >= 15 is 0 Å². The number of aryl methyl sites for hydroxylation is 2. The van der Waals surface area contributed by atoms with Gasteiger partial charge >= 0.3 is 0 Å². The van der Waals surface area contributed by atoms with Crippen molar-refractivity contribution in [2.45, 2.75) is 25.2 Å². The molecule has 0 fully saturated rings. The number of anilines is 1. The number of nitrogens with zero attached hydrogens (tertiary/aromatic N) is 3. The van der Waals surface area contributed by atoms with Gasteiger partial charge < -0.3 is 4.90 Å². The molecule has 0 atom stereocenters. The highest BCUT2D eigenvalue weighted by Crippen LogP contribution is 2.32. The zero-order valence-electron chi connectivity index (χ0n) is 17.2. The second kappa shape index (κ2) is 9.69. The van der Waals surface area contributed by atoms with Crippen molar-refractivity contribution in [3.63, 3.8) is 0 Å². The molecule has 0 N–H and O–H groups in total. The van der Waals surface area contributed by atoms with E-state index < -0.39 is 0 Å². The van der Waals surface area contributed by atoms with Gasteiger partial charge in [-0.1, -0.05) is 17.4 Å². The number of halogens is 1. The fourth-order valence-corrected chi connectivity index (χ4v) is 5.05. The van der Waals surface area contributed by atoms with Gasteiger partial charge in [0.1, 0.15) is 5.82 Å². The number of aromatic nitrogens is 1. The van der Waals surface area contributed by atoms with Crippen LogP contribution in [0.4, 0.5) is 9.52 Å². The van der Waals surface area contributed by atoms with Crippen LogP contribution in [0, 0.1) is 19.7 Å². The number of carbonyl (C=O) groups excluding carboxylic acids is 1. The fourth-order valence-electron chi connectivity index (χ4n) is 3.02. The van der Waals surface area contributed by atoms with Crippen LogP contribution in [-0.2, 0) is 4.79 Å². The standard InChI is InChI=1S/C22H26FN3OS2/c1-15-13-16(2)21-19(14-15)29-22(24-21)26(11-10-25(3)4)20(27)9-12-28-18-7-5-17(23)6-8-18/h5-8,13-14H,9-12H2,1-4H3. The maximum Gasteiger partial charge on any atom is 0.229 e. The average Bonchev–Trinajstić information content (AvgIpc) is 3.07. The second-order valence-corrected chi connectivity index (χ2v) is 9.50. The lowest BCUT2D eigenvalue weighted by Gasteiger charge is -2.22. The van der Waals surface area contributed by atoms with Crippen LogP contribution >= 0.6 is 23.1 Å². The van der Waals surface area contributed by atoms with Crippen LogP contribution in [0.25, 0.3) is 10.2 Å². The summed E-state index contributed by atoms with van der Waals surface area (Å²) in [6, 6.07) is 10.6. The second-order valence-electron chi connectivity index (χ2n) is 7.33. The molecular weight excluding hydrogens is 405 g/mol. The van der Waals surface area contributed by atoms with E-state index in [0.717, 1.165) is 32.4 Å². The normalized spacial score (nSPS) is 11.4. The van der Waals surface area contributed by atoms with Crippen molar-refractivity contribution in [2.75, 3.05) is 37.8 Å². The topological polar surface area (TPSA) is 36.4 Å². The molecule has 0 unspecified atom stereocenters. The third-order valence-electron chi connectivity index (χ3n) is 4.52. The lowest BCUT2D eigenvalue weighted by molar-refractivity contribution is -0.118. The molecule has 0 aliphatic rings. The number of likely N-dealkylation sites (N-methyl/N-ethyl adjacent to an activating group) is 1. The van der Waals surface area contributed by atoms with Gasteiger partial charge in [-0.2, -0.15) is 0 Å². The SMILES string of the molecule is Cc1cc(C)c2nc(N(CCN(C)C)C(=O)CCSc3ccc(F)cc3)sc2c1. The van der Waals surface area contributed by atoms with Gasteiger partial charge in [0, 0.05) is 30.2 Å². The highest BCUT2D eigenvalue weighted by atomic mass is 32.2. The lowest BCUT2D eigenvalue weighted by Crippen LogP contribution is -2.36. The highest BCUT2D eigenvalue weighted by Gasteiger charge is 2.20. The zero-order valence-corrected chi connectivity index (χ0v) is 18.9. The van der Waals surface area contributed by atoms with Crippen molar-refractivity contribution in [3.8, 4) is 0 Å². The molecule has 0 radical (unpaired) electrons. The molecule has 0 saturated carbocycles. The Balaban J connectivity index is 1.74. The predicted octanol–water partition coefficient (Wildman–Crippen LogP) is 5.13. The van der Waals surface area contributed by atoms with Crippen LogP contribution < -0.4 is 4.90 Å². The average molecular weight is 432 g/mol. The van der Waals surface area contributed by atoms with Gasteiger partial charge in [-0.05, 0) is 69.4 Å². The van der Waals surface area contributed by atoms with Crippen LogP contribution in [0.3, 0.4) is 0 Å². The number of benzene rings is 2. The van der Waals surface area contributed by atoms with E-state index in [1.54, 1.807) is 35.2 Å². The summed E-state index contributed by atoms with van der Waals surface area (Å²) in [5.41, 5.74) is 3.31. The monoisotopic (exact) mass is 431 g/mol. The Labute approximate surface area is 179 Å². The van der Waals surface area contributed by atoms with Crippen LogP contribution in [0.2, 0.25) is 0 Å². The molecule has 1 heterocycles. The highest BCUT2D eigenvalue weighted by molar-refractivity contribution is 7.99. The maximum atomic E-state index is 13.0. The molecule has 4 nitrogen and oxygen atoms in total. The Hall–Kier alpha value is -1.96. The maximum absolute atomic E-state index is 13.0. The molecule has 0 aliphatic heterocycles. The summed E-state index contributed by atoms with van der Waals surface area (Å²) in [6.07, 6.45) is 0.406. The van der Waals surface area contributed by atoms with Crippen LogP contribution in [0.5, 0.6) is 0 Å². The Morgan fingerprint density at radius 2 is 1.86 bits per heavy atom. The minimum atomic E-state index is -0.248. The summed E-state index contributed by atoms with van der Waals surface area (Å²) < 4.78 is 14.2. The van der Waals surface area contributed by atoms with E-state index in [4.69, 9.17) is 4.98 Å². The van der Waals surface area contributed by atoms with Gasteiger partial charge in [-0.25, -0.2) is 9.37 Å². The smallest absolute Gasteiger partial charge is 0.229 e. The molecule has 2 aromatic carbocycles. The van der Waals surface area contributed by atoms with Crippen molar-refractivity contribution >= 4 is 44.4 Å². The Morgan fingerprint density at radius 1 is 1.14 bits per heavy atom. The molecule has 0 aliphatic carbocycles. The van der Waals surface area contributed by atoms with Crippen molar-refractivity contribution in [1.82, 2.24) is 9.88 Å². The van der Waals surface area contributed by atoms with Crippen molar-refractivity contribution in [2.24, 2.45) is 0 Å². The summed E-state index contributed by atoms with van der Waals surface area (Å²) >= 11 is 3.13. The van der Waals surface area contributed by atoms with Crippen LogP contribution in [-0.4, -0.2) is 48.7 Å². The van der Waals surface area contributed by atoms with Crippen molar-refractivity contribution in [3.05, 3.63) is 53.3 Å². The molecule has 3 rings (SSSR count). The minimum Gasteiger partial charge on any atom is -0.308 e. The third kappa shape index (κ3) is 5.78. The van der Waals surface area contributed by atoms with E-state index in [9.17, 15) is 9.18 Å². The summed E-state index contributed by atoms with van der Waals surface area (Å²) in [5.74, 6) is 0.461. The molecule has 3 aromatic rings. The minimum absolute atomic E-state index is 0.0647. The van der Waals surface area contributed by atoms with E-state index in [-0.39, 0.29) is 11.7 Å². The molecule has 0 saturated heterocycles. The van der Waals surface area contributed by atoms with Crippen LogP contribution in [0.1, 0.15) is 17.5 Å². The van der Waals surface area contributed by atoms with E-state index in [1.165, 1.54) is 17.7 Å². The molecule has 7 heteroatoms. The van der Waals surface area contributed by atoms with Gasteiger partial charge in [0.05, 0.1) is 10.2 Å². The van der Waals surface area contributed by atoms with Gasteiger partial charge in [0.25, 0.3) is 0 Å². The van der Waals surface area contributed by atoms with Gasteiger partial charge in [-0.15, -0.1) is 11.8 Å². The zero-order chi connectivity index (χ0) is 21.0. The molecule has 1 amide bonds. The van der Waals surface area contributed by atoms with Gasteiger partial charge in [0.2, 0.25) is 5.91 Å². The Bertz CT molecular complexity index is 986. The summed E-state index contributed by atoms with van der Waals surface area (Å²) in [6.45, 7) is 5.51. The predicted molar refractivity (Wildman–Crippen MR) is 122 cm³/mol. The first kappa shape index (κ1) is 21.7. The summed E-state index contributed by atoms with van der Waals surface area (Å²) in [4.78, 5) is 22.7. The van der Waals surface area contributed by atoms with Crippen molar-refractivity contribution < 1.29 is 9.18 Å². The molecule has 1 aromatic heterocycles. The summed E-state index contributed by atoms with van der Waals surface area (Å²) in [7, 11) is 4.00. The number of thiazole rings is 1. The quantitative estimate of drug-likeness (QED) is 0.463. The molecule has 0 spiro atoms. The van der Waals surface area contributed by atoms with E-state index in [0.29, 0.717) is 18.7 Å². The first-order chi connectivity index (χ1) is 13.8. The number of rotatable bonds is 8. The number of thioether (sulfide) groups is 1. The Kier molecular flexibility index (Phi) is 7.27. The molecule has 29 heavy (non-hydrogen) atoms. The largest absolute Gasteiger partial charge is 0.308 e. The van der Waals surface area contributed by atoms with Crippen molar-refractivity contribution in [1.29, 1.82) is 0 Å². The number of fused-ring (bicyclic) bond motifs is 1. The number of amides is 1. The third-order valence-corrected chi connectivity index (χ3v) is 6.56. The molecular formula is C22H26FN3OS2. The van der Waals surface area contributed by atoms with Crippen LogP contribution in [0.15, 0.2) is 41.3 Å². The Morgan fingerprint density at radius 3 is 2.55 bits per heavy atom. The first-order valence-electron chi connectivity index (χ1n) is 9.55. The van der Waals surface area contributed by atoms with E-state index in [1.807, 2.05) is 19.0 Å². The summed E-state index contributed by atoms with van der Waals surface area (Å²) in [5, 5.41) is 0.757. The van der Waals surface area contributed by atoms with Gasteiger partial charge in [0.15, 0.2) is 5.13 Å².